The van der Waals surface area contributed by atoms with E-state index >= 15 is 0 Å². The van der Waals surface area contributed by atoms with Crippen LogP contribution in [0.3, 0.4) is 0 Å². The fraction of sp³-hybridized carbons (Fsp3) is 0.435. The summed E-state index contributed by atoms with van der Waals surface area (Å²) in [6.07, 6.45) is 1.05. The number of carboxylic acid groups (broad SMARTS) is 2. The highest BCUT2D eigenvalue weighted by molar-refractivity contribution is 7.80. The van der Waals surface area contributed by atoms with Crippen molar-refractivity contribution in [2.75, 3.05) is 5.75 Å². The fourth-order valence-electron chi connectivity index (χ4n) is 3.52. The van der Waals surface area contributed by atoms with Gasteiger partial charge < -0.3 is 36.9 Å². The van der Waals surface area contributed by atoms with E-state index in [0.717, 1.165) is 10.9 Å². The maximum atomic E-state index is 13.2. The highest BCUT2D eigenvalue weighted by atomic mass is 32.1. The lowest BCUT2D eigenvalue weighted by atomic mass is 10.0. The first-order valence-corrected chi connectivity index (χ1v) is 11.8. The number of nitrogens with two attached hydrogens (primary N) is 1. The van der Waals surface area contributed by atoms with Crippen molar-refractivity contribution in [1.29, 1.82) is 0 Å². The van der Waals surface area contributed by atoms with Gasteiger partial charge in [0, 0.05) is 29.3 Å². The number of amides is 3. The monoisotopic (exact) mass is 521 g/mol. The van der Waals surface area contributed by atoms with Gasteiger partial charge in [-0.15, -0.1) is 0 Å². The number of benzene rings is 1. The normalized spacial score (nSPS) is 14.5. The van der Waals surface area contributed by atoms with Gasteiger partial charge in [0.1, 0.15) is 18.1 Å². The number of fused-ring (bicyclic) bond motifs is 1. The summed E-state index contributed by atoms with van der Waals surface area (Å²) in [7, 11) is 0. The molecule has 0 saturated heterocycles. The first kappa shape index (κ1) is 28.7. The molecule has 36 heavy (non-hydrogen) atoms. The molecule has 0 spiro atoms. The van der Waals surface area contributed by atoms with Crippen LogP contribution >= 0.6 is 12.6 Å². The van der Waals surface area contributed by atoms with E-state index in [2.05, 4.69) is 33.6 Å². The van der Waals surface area contributed by atoms with Gasteiger partial charge in [-0.05, 0) is 17.5 Å². The van der Waals surface area contributed by atoms with Crippen molar-refractivity contribution in [3.8, 4) is 0 Å². The summed E-state index contributed by atoms with van der Waals surface area (Å²) >= 11 is 4.10. The van der Waals surface area contributed by atoms with E-state index in [0.29, 0.717) is 5.56 Å². The zero-order chi connectivity index (χ0) is 27.0. The number of nitrogens with one attached hydrogen (secondary N) is 4. The zero-order valence-corrected chi connectivity index (χ0v) is 20.7. The van der Waals surface area contributed by atoms with Gasteiger partial charge in [0.2, 0.25) is 17.7 Å². The van der Waals surface area contributed by atoms with Crippen molar-refractivity contribution >= 4 is 53.2 Å². The molecule has 8 N–H and O–H groups in total. The number of aliphatic carboxylic acids is 2. The molecule has 1 aromatic carbocycles. The molecule has 196 valence electrons. The summed E-state index contributed by atoms with van der Waals surface area (Å²) in [6, 6.07) is 2.32. The quantitative estimate of drug-likeness (QED) is 0.163. The van der Waals surface area contributed by atoms with Crippen molar-refractivity contribution in [1.82, 2.24) is 20.9 Å². The van der Waals surface area contributed by atoms with Crippen molar-refractivity contribution in [3.63, 3.8) is 0 Å². The number of hydrogen-bond donors (Lipinski definition) is 8. The Balaban J connectivity index is 2.25. The van der Waals surface area contributed by atoms with Gasteiger partial charge >= 0.3 is 11.9 Å². The molecule has 0 aliphatic rings. The number of hydrogen-bond acceptors (Lipinski definition) is 7. The van der Waals surface area contributed by atoms with Gasteiger partial charge in [0.25, 0.3) is 0 Å². The SMILES string of the molecule is CC(C)C(NC(=O)C(CS)NC(=O)C(Cc1c[nH]c2ccccc12)NC(=O)C(N)CC(=O)O)C(=O)O. The molecule has 0 saturated carbocycles. The lowest BCUT2D eigenvalue weighted by Crippen LogP contribution is -2.58. The van der Waals surface area contributed by atoms with Gasteiger partial charge in [-0.3, -0.25) is 19.2 Å². The molecule has 2 aromatic rings. The Morgan fingerprint density at radius 2 is 1.58 bits per heavy atom. The second-order valence-corrected chi connectivity index (χ2v) is 9.01. The third-order valence-corrected chi connectivity index (χ3v) is 5.87. The van der Waals surface area contributed by atoms with E-state index in [9.17, 15) is 29.1 Å². The van der Waals surface area contributed by atoms with Crippen LogP contribution in [-0.4, -0.2) is 74.8 Å². The maximum absolute atomic E-state index is 13.2. The van der Waals surface area contributed by atoms with E-state index < -0.39 is 66.2 Å². The van der Waals surface area contributed by atoms with Crippen molar-refractivity contribution in [2.45, 2.75) is 50.9 Å². The number of H-pyrrole nitrogens is 1. The number of carbonyl (C=O) groups is 5. The topological polar surface area (TPSA) is 204 Å². The first-order valence-electron chi connectivity index (χ1n) is 11.2. The Labute approximate surface area is 212 Å². The summed E-state index contributed by atoms with van der Waals surface area (Å²) in [5.74, 6) is -5.41. The summed E-state index contributed by atoms with van der Waals surface area (Å²) in [6.45, 7) is 3.25. The molecule has 3 amide bonds. The number of aromatic nitrogens is 1. The lowest BCUT2D eigenvalue weighted by molar-refractivity contribution is -0.143. The Bertz CT molecular complexity index is 1120. The Morgan fingerprint density at radius 1 is 0.972 bits per heavy atom. The first-order chi connectivity index (χ1) is 16.9. The van der Waals surface area contributed by atoms with Crippen LogP contribution in [0.25, 0.3) is 10.9 Å². The molecule has 0 aliphatic carbocycles. The molecule has 0 aliphatic heterocycles. The molecule has 0 radical (unpaired) electrons. The van der Waals surface area contributed by atoms with Crippen LogP contribution in [0.2, 0.25) is 0 Å². The molecule has 1 heterocycles. The third-order valence-electron chi connectivity index (χ3n) is 5.51. The van der Waals surface area contributed by atoms with Gasteiger partial charge in [-0.1, -0.05) is 32.0 Å². The Hall–Kier alpha value is -3.58. The molecule has 0 fully saturated rings. The second-order valence-electron chi connectivity index (χ2n) is 8.64. The van der Waals surface area contributed by atoms with Crippen molar-refractivity contribution in [2.24, 2.45) is 11.7 Å². The van der Waals surface area contributed by atoms with Gasteiger partial charge in [-0.2, -0.15) is 12.6 Å². The van der Waals surface area contributed by atoms with Crippen molar-refractivity contribution in [3.05, 3.63) is 36.0 Å². The predicted molar refractivity (Wildman–Crippen MR) is 134 cm³/mol. The summed E-state index contributed by atoms with van der Waals surface area (Å²) in [4.78, 5) is 63.8. The molecule has 12 nitrogen and oxygen atoms in total. The predicted octanol–water partition coefficient (Wildman–Crippen LogP) is -0.363. The highest BCUT2D eigenvalue weighted by Crippen LogP contribution is 2.19. The molecule has 13 heteroatoms. The van der Waals surface area contributed by atoms with E-state index in [-0.39, 0.29) is 12.2 Å². The highest BCUT2D eigenvalue weighted by Gasteiger charge is 2.31. The number of carboxylic acids is 2. The molecule has 0 bridgehead atoms. The zero-order valence-electron chi connectivity index (χ0n) is 19.9. The van der Waals surface area contributed by atoms with Crippen LogP contribution in [0.15, 0.2) is 30.5 Å². The van der Waals surface area contributed by atoms with Gasteiger partial charge in [0.05, 0.1) is 12.5 Å². The minimum Gasteiger partial charge on any atom is -0.481 e. The minimum atomic E-state index is -1.40. The number of rotatable bonds is 13. The number of aromatic amines is 1. The summed E-state index contributed by atoms with van der Waals surface area (Å²) in [5, 5.41) is 26.4. The molecular formula is C23H31N5O7S. The lowest BCUT2D eigenvalue weighted by Gasteiger charge is -2.25. The fourth-order valence-corrected chi connectivity index (χ4v) is 3.78. The van der Waals surface area contributed by atoms with Gasteiger partial charge in [-0.25, -0.2) is 4.79 Å². The summed E-state index contributed by atoms with van der Waals surface area (Å²) < 4.78 is 0. The molecule has 1 aromatic heterocycles. The largest absolute Gasteiger partial charge is 0.481 e. The van der Waals surface area contributed by atoms with Crippen LogP contribution < -0.4 is 21.7 Å². The molecule has 2 rings (SSSR count). The second kappa shape index (κ2) is 12.9. The standard InChI is InChI=1S/C23H31N5O7S/c1-11(2)19(23(34)35)28-22(33)17(10-36)27-21(32)16(26-20(31)14(24)8-18(29)30)7-12-9-25-15-6-4-3-5-13(12)15/h3-6,9,11,14,16-17,19,25,36H,7-8,10,24H2,1-2H3,(H,26,31)(H,27,32)(H,28,33)(H,29,30)(H,34,35). The number of para-hydroxylation sites is 1. The van der Waals surface area contributed by atoms with Crippen molar-refractivity contribution < 1.29 is 34.2 Å². The smallest absolute Gasteiger partial charge is 0.326 e. The Kier molecular flexibility index (Phi) is 10.3. The third kappa shape index (κ3) is 7.71. The van der Waals surface area contributed by atoms with E-state index in [4.69, 9.17) is 10.8 Å². The molecule has 4 unspecified atom stereocenters. The minimum absolute atomic E-state index is 0.00599. The molecule has 4 atom stereocenters. The average molecular weight is 522 g/mol. The van der Waals surface area contributed by atoms with Crippen LogP contribution in [-0.2, 0) is 30.4 Å². The van der Waals surface area contributed by atoms with E-state index in [1.807, 2.05) is 24.3 Å². The van der Waals surface area contributed by atoms with Crippen LogP contribution in [0.1, 0.15) is 25.8 Å². The number of thiol groups is 1. The average Bonchev–Trinajstić information content (AvgIpc) is 3.22. The summed E-state index contributed by atoms with van der Waals surface area (Å²) in [5.41, 5.74) is 7.15. The number of carbonyl (C=O) groups excluding carboxylic acids is 3. The van der Waals surface area contributed by atoms with Crippen LogP contribution in [0, 0.1) is 5.92 Å². The van der Waals surface area contributed by atoms with Gasteiger partial charge in [0.15, 0.2) is 0 Å². The van der Waals surface area contributed by atoms with Crippen LogP contribution in [0.4, 0.5) is 0 Å². The van der Waals surface area contributed by atoms with E-state index in [1.54, 1.807) is 20.0 Å². The molecular weight excluding hydrogens is 490 g/mol. The Morgan fingerprint density at radius 3 is 2.17 bits per heavy atom. The maximum Gasteiger partial charge on any atom is 0.326 e. The van der Waals surface area contributed by atoms with Crippen LogP contribution in [0.5, 0.6) is 0 Å². The van der Waals surface area contributed by atoms with E-state index in [1.165, 1.54) is 0 Å².